The second-order valence-corrected chi connectivity index (χ2v) is 7.37. The minimum absolute atomic E-state index is 0.0171. The molecule has 1 N–H and O–H groups in total. The maximum atomic E-state index is 12.5. The van der Waals surface area contributed by atoms with E-state index in [-0.39, 0.29) is 18.3 Å². The van der Waals surface area contributed by atoms with Crippen LogP contribution in [0, 0.1) is 6.92 Å². The summed E-state index contributed by atoms with van der Waals surface area (Å²) in [6, 6.07) is 13.8. The number of halogens is 1. The van der Waals surface area contributed by atoms with Gasteiger partial charge in [-0.15, -0.1) is 11.3 Å². The number of carbonyl (C=O) groups excluding carboxylic acids is 2. The Morgan fingerprint density at radius 3 is 2.41 bits per heavy atom. The van der Waals surface area contributed by atoms with E-state index in [1.165, 1.54) is 18.3 Å². The van der Waals surface area contributed by atoms with Crippen molar-refractivity contribution >= 4 is 40.3 Å². The van der Waals surface area contributed by atoms with E-state index in [1.807, 2.05) is 0 Å². The number of aromatic nitrogens is 1. The Balaban J connectivity index is 1.65. The van der Waals surface area contributed by atoms with Crippen LogP contribution in [0.4, 0.5) is 5.69 Å². The van der Waals surface area contributed by atoms with Crippen LogP contribution < -0.4 is 10.1 Å². The van der Waals surface area contributed by atoms with Crippen molar-refractivity contribution in [3.05, 3.63) is 74.7 Å². The topological polar surface area (TPSA) is 68.3 Å². The van der Waals surface area contributed by atoms with E-state index in [9.17, 15) is 9.59 Å². The van der Waals surface area contributed by atoms with Crippen molar-refractivity contribution in [2.24, 2.45) is 0 Å². The molecule has 0 aliphatic rings. The summed E-state index contributed by atoms with van der Waals surface area (Å²) in [6.45, 7) is 3.56. The summed E-state index contributed by atoms with van der Waals surface area (Å²) < 4.78 is 5.67. The number of anilines is 1. The Bertz CT molecular complexity index is 966. The molecule has 0 radical (unpaired) electrons. The summed E-state index contributed by atoms with van der Waals surface area (Å²) in [5, 5.41) is 4.17. The number of aryl methyl sites for hydroxylation is 1. The van der Waals surface area contributed by atoms with Crippen molar-refractivity contribution in [1.82, 2.24) is 4.98 Å². The molecule has 0 atom stereocenters. The van der Waals surface area contributed by atoms with Crippen LogP contribution in [0.5, 0.6) is 5.75 Å². The zero-order valence-corrected chi connectivity index (χ0v) is 16.4. The molecule has 3 rings (SSSR count). The third-order valence-electron chi connectivity index (χ3n) is 3.77. The summed E-state index contributed by atoms with van der Waals surface area (Å²) in [5.41, 5.74) is 1.87. The largest absolute Gasteiger partial charge is 0.486 e. The number of thiazole rings is 1. The summed E-state index contributed by atoms with van der Waals surface area (Å²) in [5.74, 6) is 0.429. The molecule has 0 aliphatic heterocycles. The van der Waals surface area contributed by atoms with Gasteiger partial charge in [-0.2, -0.15) is 0 Å². The number of ketones is 1. The fourth-order valence-corrected chi connectivity index (χ4v) is 3.38. The highest BCUT2D eigenvalue weighted by molar-refractivity contribution is 7.13. The lowest BCUT2D eigenvalue weighted by Gasteiger charge is -2.05. The van der Waals surface area contributed by atoms with Crippen LogP contribution in [0.15, 0.2) is 48.5 Å². The van der Waals surface area contributed by atoms with Crippen molar-refractivity contribution < 1.29 is 14.3 Å². The van der Waals surface area contributed by atoms with E-state index < -0.39 is 0 Å². The second-order valence-electron chi connectivity index (χ2n) is 5.85. The number of hydrogen-bond donors (Lipinski definition) is 1. The fourth-order valence-electron chi connectivity index (χ4n) is 2.38. The Morgan fingerprint density at radius 1 is 1.11 bits per heavy atom. The van der Waals surface area contributed by atoms with Crippen molar-refractivity contribution in [3.63, 3.8) is 0 Å². The minimum Gasteiger partial charge on any atom is -0.486 e. The standard InChI is InChI=1S/C20H17ClN2O3S/c1-12-19(20(25)23-16-7-3-14(4-8-16)13(2)24)27-18(22-12)11-26-17-9-5-15(21)6-10-17/h3-10H,11H2,1-2H3,(H,23,25). The third kappa shape index (κ3) is 4.93. The molecule has 0 fully saturated rings. The number of amides is 1. The van der Waals surface area contributed by atoms with Crippen molar-refractivity contribution in [3.8, 4) is 5.75 Å². The summed E-state index contributed by atoms with van der Waals surface area (Å²) >= 11 is 7.14. The first-order valence-corrected chi connectivity index (χ1v) is 9.39. The normalized spacial score (nSPS) is 10.5. The third-order valence-corrected chi connectivity index (χ3v) is 5.15. The molecule has 7 heteroatoms. The van der Waals surface area contributed by atoms with Gasteiger partial charge in [0.15, 0.2) is 5.78 Å². The van der Waals surface area contributed by atoms with Crippen LogP contribution >= 0.6 is 22.9 Å². The van der Waals surface area contributed by atoms with Crippen molar-refractivity contribution in [2.45, 2.75) is 20.5 Å². The number of rotatable bonds is 6. The smallest absolute Gasteiger partial charge is 0.267 e. The van der Waals surface area contributed by atoms with E-state index in [1.54, 1.807) is 55.5 Å². The van der Waals surface area contributed by atoms with E-state index >= 15 is 0 Å². The zero-order valence-electron chi connectivity index (χ0n) is 14.8. The van der Waals surface area contributed by atoms with Gasteiger partial charge >= 0.3 is 0 Å². The van der Waals surface area contributed by atoms with Gasteiger partial charge in [0.2, 0.25) is 0 Å². The van der Waals surface area contributed by atoms with Gasteiger partial charge in [-0.05, 0) is 62.4 Å². The summed E-state index contributed by atoms with van der Waals surface area (Å²) in [6.07, 6.45) is 0. The van der Waals surface area contributed by atoms with Gasteiger partial charge < -0.3 is 10.1 Å². The van der Waals surface area contributed by atoms with Gasteiger partial charge in [-0.3, -0.25) is 9.59 Å². The Kier molecular flexibility index (Phi) is 5.88. The zero-order chi connectivity index (χ0) is 19.4. The van der Waals surface area contributed by atoms with E-state index in [4.69, 9.17) is 16.3 Å². The lowest BCUT2D eigenvalue weighted by Crippen LogP contribution is -2.11. The number of Topliss-reactive ketones (excluding diaryl/α,β-unsaturated/α-hetero) is 1. The molecule has 0 spiro atoms. The monoisotopic (exact) mass is 400 g/mol. The number of benzene rings is 2. The van der Waals surface area contributed by atoms with Crippen LogP contribution in [0.25, 0.3) is 0 Å². The Morgan fingerprint density at radius 2 is 1.78 bits per heavy atom. The van der Waals surface area contributed by atoms with Gasteiger partial charge in [0.05, 0.1) is 5.69 Å². The quantitative estimate of drug-likeness (QED) is 0.582. The maximum Gasteiger partial charge on any atom is 0.267 e. The minimum atomic E-state index is -0.238. The van der Waals surface area contributed by atoms with Gasteiger partial charge in [-0.25, -0.2) is 4.98 Å². The highest BCUT2D eigenvalue weighted by Gasteiger charge is 2.16. The van der Waals surface area contributed by atoms with Crippen LogP contribution in [0.1, 0.15) is 37.7 Å². The first-order chi connectivity index (χ1) is 12.9. The molecule has 0 saturated carbocycles. The molecule has 27 heavy (non-hydrogen) atoms. The molecule has 1 aromatic heterocycles. The Labute approximate surface area is 166 Å². The molecular weight excluding hydrogens is 384 g/mol. The number of nitrogens with zero attached hydrogens (tertiary/aromatic N) is 1. The highest BCUT2D eigenvalue weighted by Crippen LogP contribution is 2.22. The predicted molar refractivity (Wildman–Crippen MR) is 107 cm³/mol. The molecule has 138 valence electrons. The Hall–Kier alpha value is -2.70. The predicted octanol–water partition coefficient (Wildman–Crippen LogP) is 5.14. The van der Waals surface area contributed by atoms with E-state index in [2.05, 4.69) is 10.3 Å². The fraction of sp³-hybridized carbons (Fsp3) is 0.150. The first-order valence-electron chi connectivity index (χ1n) is 8.19. The molecule has 0 bridgehead atoms. The number of carbonyl (C=O) groups is 2. The maximum absolute atomic E-state index is 12.5. The van der Waals surface area contributed by atoms with Gasteiger partial charge in [0.25, 0.3) is 5.91 Å². The molecule has 0 saturated heterocycles. The van der Waals surface area contributed by atoms with Crippen LogP contribution in [-0.2, 0) is 6.61 Å². The molecule has 2 aromatic carbocycles. The lowest BCUT2D eigenvalue weighted by atomic mass is 10.1. The molecule has 1 heterocycles. The number of hydrogen-bond acceptors (Lipinski definition) is 5. The van der Waals surface area contributed by atoms with Crippen molar-refractivity contribution in [2.75, 3.05) is 5.32 Å². The molecular formula is C20H17ClN2O3S. The van der Waals surface area contributed by atoms with E-state index in [0.717, 1.165) is 0 Å². The van der Waals surface area contributed by atoms with E-state index in [0.29, 0.717) is 37.6 Å². The van der Waals surface area contributed by atoms with Crippen LogP contribution in [0.2, 0.25) is 5.02 Å². The summed E-state index contributed by atoms with van der Waals surface area (Å²) in [7, 11) is 0. The molecule has 5 nitrogen and oxygen atoms in total. The first kappa shape index (κ1) is 19.1. The summed E-state index contributed by atoms with van der Waals surface area (Å²) in [4.78, 5) is 28.8. The highest BCUT2D eigenvalue weighted by atomic mass is 35.5. The molecule has 0 aliphatic carbocycles. The average molecular weight is 401 g/mol. The lowest BCUT2D eigenvalue weighted by molar-refractivity contribution is 0.101. The second kappa shape index (κ2) is 8.33. The molecule has 3 aromatic rings. The van der Waals surface area contributed by atoms with Crippen molar-refractivity contribution in [1.29, 1.82) is 0 Å². The molecule has 1 amide bonds. The number of nitrogens with one attached hydrogen (secondary N) is 1. The SMILES string of the molecule is CC(=O)c1ccc(NC(=O)c2sc(COc3ccc(Cl)cc3)nc2C)cc1. The van der Waals surface area contributed by atoms with Gasteiger partial charge in [-0.1, -0.05) is 11.6 Å². The number of ether oxygens (including phenoxy) is 1. The van der Waals surface area contributed by atoms with Gasteiger partial charge in [0.1, 0.15) is 22.2 Å². The average Bonchev–Trinajstić information content (AvgIpc) is 3.02. The molecule has 0 unspecified atom stereocenters. The van der Waals surface area contributed by atoms with Crippen LogP contribution in [0.3, 0.4) is 0 Å². The van der Waals surface area contributed by atoms with Gasteiger partial charge in [0, 0.05) is 16.3 Å². The van der Waals surface area contributed by atoms with Crippen LogP contribution in [-0.4, -0.2) is 16.7 Å².